The highest BCUT2D eigenvalue weighted by Gasteiger charge is 2.06. The van der Waals surface area contributed by atoms with Crippen molar-refractivity contribution >= 4 is 11.0 Å². The zero-order chi connectivity index (χ0) is 9.42. The van der Waals surface area contributed by atoms with Crippen LogP contribution in [0.5, 0.6) is 5.88 Å². The zero-order valence-corrected chi connectivity index (χ0v) is 7.90. The number of pyridine rings is 1. The van der Waals surface area contributed by atoms with Crippen LogP contribution in [-0.4, -0.2) is 21.9 Å². The predicted molar refractivity (Wildman–Crippen MR) is 49.8 cm³/mol. The molecule has 0 aliphatic carbocycles. The number of rotatable bonds is 1. The molecule has 0 saturated heterocycles. The molecule has 0 aliphatic heterocycles. The number of nitrogens with zero attached hydrogens (tertiary/aromatic N) is 3. The van der Waals surface area contributed by atoms with Gasteiger partial charge in [0.25, 0.3) is 0 Å². The van der Waals surface area contributed by atoms with Gasteiger partial charge in [-0.3, -0.25) is 4.68 Å². The van der Waals surface area contributed by atoms with Crippen molar-refractivity contribution in [2.45, 2.75) is 6.92 Å². The van der Waals surface area contributed by atoms with Crippen molar-refractivity contribution in [3.05, 3.63) is 17.8 Å². The Morgan fingerprint density at radius 2 is 2.15 bits per heavy atom. The molecule has 0 N–H and O–H groups in total. The van der Waals surface area contributed by atoms with Crippen molar-refractivity contribution in [3.63, 3.8) is 0 Å². The summed E-state index contributed by atoms with van der Waals surface area (Å²) < 4.78 is 6.79. The van der Waals surface area contributed by atoms with E-state index in [2.05, 4.69) is 10.1 Å². The number of ether oxygens (including phenoxy) is 1. The molecule has 2 rings (SSSR count). The van der Waals surface area contributed by atoms with Crippen LogP contribution < -0.4 is 4.74 Å². The highest BCUT2D eigenvalue weighted by Crippen LogP contribution is 2.18. The van der Waals surface area contributed by atoms with E-state index in [1.807, 2.05) is 26.1 Å². The molecule has 0 bridgehead atoms. The van der Waals surface area contributed by atoms with Gasteiger partial charge < -0.3 is 4.74 Å². The lowest BCUT2D eigenvalue weighted by molar-refractivity contribution is 0.399. The van der Waals surface area contributed by atoms with Crippen LogP contribution in [0, 0.1) is 6.92 Å². The molecule has 2 heterocycles. The van der Waals surface area contributed by atoms with Gasteiger partial charge in [0.1, 0.15) is 0 Å². The standard InChI is InChI=1S/C9H11N3O/c1-6-7-4-5-8(13-3)10-9(7)12(2)11-6/h4-5H,1-3H3. The topological polar surface area (TPSA) is 39.9 Å². The molecule has 4 nitrogen and oxygen atoms in total. The minimum atomic E-state index is 0.621. The Hall–Kier alpha value is -1.58. The monoisotopic (exact) mass is 177 g/mol. The van der Waals surface area contributed by atoms with Gasteiger partial charge in [0.15, 0.2) is 5.65 Å². The number of methoxy groups -OCH3 is 1. The minimum Gasteiger partial charge on any atom is -0.481 e. The number of aromatic nitrogens is 3. The second-order valence-corrected chi connectivity index (χ2v) is 2.93. The van der Waals surface area contributed by atoms with Crippen LogP contribution in [0.25, 0.3) is 11.0 Å². The average molecular weight is 177 g/mol. The summed E-state index contributed by atoms with van der Waals surface area (Å²) in [5, 5.41) is 5.34. The maximum atomic E-state index is 5.03. The van der Waals surface area contributed by atoms with Gasteiger partial charge >= 0.3 is 0 Å². The lowest BCUT2D eigenvalue weighted by atomic mass is 10.3. The van der Waals surface area contributed by atoms with Crippen molar-refractivity contribution < 1.29 is 4.74 Å². The van der Waals surface area contributed by atoms with Gasteiger partial charge in [-0.05, 0) is 13.0 Å². The quantitative estimate of drug-likeness (QED) is 0.658. The van der Waals surface area contributed by atoms with Gasteiger partial charge in [0.05, 0.1) is 12.8 Å². The van der Waals surface area contributed by atoms with E-state index in [1.165, 1.54) is 0 Å². The third-order valence-corrected chi connectivity index (χ3v) is 2.06. The second kappa shape index (κ2) is 2.73. The van der Waals surface area contributed by atoms with Gasteiger partial charge in [0.2, 0.25) is 5.88 Å². The van der Waals surface area contributed by atoms with E-state index in [1.54, 1.807) is 11.8 Å². The Bertz CT molecular complexity index is 447. The molecule has 68 valence electrons. The molecule has 0 aliphatic rings. The molecule has 2 aromatic heterocycles. The molecule has 0 spiro atoms. The summed E-state index contributed by atoms with van der Waals surface area (Å²) in [4.78, 5) is 4.29. The Morgan fingerprint density at radius 1 is 1.38 bits per heavy atom. The molecule has 13 heavy (non-hydrogen) atoms. The van der Waals surface area contributed by atoms with Crippen molar-refractivity contribution in [3.8, 4) is 5.88 Å². The predicted octanol–water partition coefficient (Wildman–Crippen LogP) is 1.29. The number of aryl methyl sites for hydroxylation is 2. The normalized spacial score (nSPS) is 10.7. The Kier molecular flexibility index (Phi) is 1.69. The summed E-state index contributed by atoms with van der Waals surface area (Å²) in [5.74, 6) is 0.621. The maximum absolute atomic E-state index is 5.03. The van der Waals surface area contributed by atoms with E-state index >= 15 is 0 Å². The van der Waals surface area contributed by atoms with E-state index in [0.717, 1.165) is 16.7 Å². The van der Waals surface area contributed by atoms with E-state index in [-0.39, 0.29) is 0 Å². The van der Waals surface area contributed by atoms with Crippen molar-refractivity contribution in [1.82, 2.24) is 14.8 Å². The fraction of sp³-hybridized carbons (Fsp3) is 0.333. The molecular weight excluding hydrogens is 166 g/mol. The molecule has 2 aromatic rings. The van der Waals surface area contributed by atoms with E-state index < -0.39 is 0 Å². The van der Waals surface area contributed by atoms with Crippen molar-refractivity contribution in [2.75, 3.05) is 7.11 Å². The zero-order valence-electron chi connectivity index (χ0n) is 7.90. The molecule has 4 heteroatoms. The second-order valence-electron chi connectivity index (χ2n) is 2.93. The van der Waals surface area contributed by atoms with Gasteiger partial charge in [-0.15, -0.1) is 0 Å². The van der Waals surface area contributed by atoms with E-state index in [9.17, 15) is 0 Å². The maximum Gasteiger partial charge on any atom is 0.214 e. The summed E-state index contributed by atoms with van der Waals surface area (Å²) in [6.07, 6.45) is 0. The number of hydrogen-bond acceptors (Lipinski definition) is 3. The van der Waals surface area contributed by atoms with Crippen molar-refractivity contribution in [2.24, 2.45) is 7.05 Å². The fourth-order valence-corrected chi connectivity index (χ4v) is 1.40. The first kappa shape index (κ1) is 8.04. The lowest BCUT2D eigenvalue weighted by Gasteiger charge is -1.98. The van der Waals surface area contributed by atoms with Crippen LogP contribution in [0.15, 0.2) is 12.1 Å². The van der Waals surface area contributed by atoms with Crippen LogP contribution in [0.1, 0.15) is 5.69 Å². The van der Waals surface area contributed by atoms with Crippen molar-refractivity contribution in [1.29, 1.82) is 0 Å². The van der Waals surface area contributed by atoms with Gasteiger partial charge in [0, 0.05) is 18.5 Å². The summed E-state index contributed by atoms with van der Waals surface area (Å²) >= 11 is 0. The van der Waals surface area contributed by atoms with Crippen LogP contribution in [0.3, 0.4) is 0 Å². The first-order valence-corrected chi connectivity index (χ1v) is 4.06. The third kappa shape index (κ3) is 1.14. The highest BCUT2D eigenvalue weighted by molar-refractivity contribution is 5.78. The first-order valence-electron chi connectivity index (χ1n) is 4.06. The SMILES string of the molecule is COc1ccc2c(C)nn(C)c2n1. The van der Waals surface area contributed by atoms with E-state index in [4.69, 9.17) is 4.74 Å². The summed E-state index contributed by atoms with van der Waals surface area (Å²) in [6, 6.07) is 3.82. The molecule has 0 unspecified atom stereocenters. The molecule has 0 radical (unpaired) electrons. The molecule has 0 aromatic carbocycles. The molecular formula is C9H11N3O. The first-order chi connectivity index (χ1) is 6.22. The largest absolute Gasteiger partial charge is 0.481 e. The highest BCUT2D eigenvalue weighted by atomic mass is 16.5. The molecule has 0 amide bonds. The van der Waals surface area contributed by atoms with Gasteiger partial charge in [-0.2, -0.15) is 10.1 Å². The van der Waals surface area contributed by atoms with Gasteiger partial charge in [-0.25, -0.2) is 0 Å². The van der Waals surface area contributed by atoms with Crippen LogP contribution in [0.4, 0.5) is 0 Å². The van der Waals surface area contributed by atoms with Crippen LogP contribution in [0.2, 0.25) is 0 Å². The molecule has 0 saturated carbocycles. The number of fused-ring (bicyclic) bond motifs is 1. The summed E-state index contributed by atoms with van der Waals surface area (Å²) in [6.45, 7) is 1.97. The minimum absolute atomic E-state index is 0.621. The smallest absolute Gasteiger partial charge is 0.214 e. The number of hydrogen-bond donors (Lipinski definition) is 0. The molecule has 0 atom stereocenters. The van der Waals surface area contributed by atoms with E-state index in [0.29, 0.717) is 5.88 Å². The molecule has 0 fully saturated rings. The Balaban J connectivity index is 2.76. The Labute approximate surface area is 76.1 Å². The third-order valence-electron chi connectivity index (χ3n) is 2.06. The fourth-order valence-electron chi connectivity index (χ4n) is 1.40. The van der Waals surface area contributed by atoms with Crippen LogP contribution >= 0.6 is 0 Å². The average Bonchev–Trinajstić information content (AvgIpc) is 2.42. The van der Waals surface area contributed by atoms with Gasteiger partial charge in [-0.1, -0.05) is 0 Å². The summed E-state index contributed by atoms with van der Waals surface area (Å²) in [5.41, 5.74) is 1.85. The van der Waals surface area contributed by atoms with Crippen LogP contribution in [-0.2, 0) is 7.05 Å². The Morgan fingerprint density at radius 3 is 2.85 bits per heavy atom. The lowest BCUT2D eigenvalue weighted by Crippen LogP contribution is -1.93. The summed E-state index contributed by atoms with van der Waals surface area (Å²) in [7, 11) is 3.49.